The number of methoxy groups -OCH3 is 1. The smallest absolute Gasteiger partial charge is 0.185 e. The van der Waals surface area contributed by atoms with Crippen molar-refractivity contribution in [1.82, 2.24) is 0 Å². The quantitative estimate of drug-likeness (QED) is 0.312. The van der Waals surface area contributed by atoms with Crippen molar-refractivity contribution < 1.29 is 18.7 Å². The van der Waals surface area contributed by atoms with Crippen molar-refractivity contribution in [3.05, 3.63) is 99.3 Å². The van der Waals surface area contributed by atoms with Gasteiger partial charge in [0.15, 0.2) is 5.78 Å². The summed E-state index contributed by atoms with van der Waals surface area (Å²) >= 11 is 12.0. The molecule has 0 amide bonds. The van der Waals surface area contributed by atoms with Crippen LogP contribution in [0.1, 0.15) is 21.5 Å². The summed E-state index contributed by atoms with van der Waals surface area (Å²) in [6.45, 7) is 0.220. The summed E-state index contributed by atoms with van der Waals surface area (Å²) in [6, 6.07) is 15.9. The van der Waals surface area contributed by atoms with Crippen molar-refractivity contribution in [2.45, 2.75) is 6.61 Å². The molecule has 0 heterocycles. The average Bonchev–Trinajstić information content (AvgIpc) is 2.72. The zero-order valence-corrected chi connectivity index (χ0v) is 17.0. The van der Waals surface area contributed by atoms with E-state index in [4.69, 9.17) is 32.7 Å². The molecular formula is C23H17Cl2FO3. The minimum Gasteiger partial charge on any atom is -0.496 e. The highest BCUT2D eigenvalue weighted by atomic mass is 35.5. The second kappa shape index (κ2) is 9.59. The predicted molar refractivity (Wildman–Crippen MR) is 114 cm³/mol. The molecule has 0 bridgehead atoms. The highest BCUT2D eigenvalue weighted by Gasteiger charge is 2.08. The lowest BCUT2D eigenvalue weighted by Gasteiger charge is -2.12. The Bertz CT molecular complexity index is 1050. The van der Waals surface area contributed by atoms with Crippen LogP contribution in [0.2, 0.25) is 10.0 Å². The number of hydrogen-bond donors (Lipinski definition) is 0. The van der Waals surface area contributed by atoms with Crippen molar-refractivity contribution in [2.24, 2.45) is 0 Å². The van der Waals surface area contributed by atoms with E-state index in [1.54, 1.807) is 37.5 Å². The van der Waals surface area contributed by atoms with Crippen LogP contribution in [0, 0.1) is 5.82 Å². The standard InChI is InChI=1S/C23H17Cl2FO3/c1-28-22-10-3-15(2-9-21(27)16-4-7-19(26)8-5-16)12-17(22)14-29-23-11-6-18(24)13-20(23)25/h2-13H,14H2,1H3/b9-2+. The van der Waals surface area contributed by atoms with Crippen LogP contribution in [0.25, 0.3) is 6.08 Å². The number of rotatable bonds is 7. The minimum absolute atomic E-state index is 0.216. The molecule has 3 aromatic carbocycles. The first-order chi connectivity index (χ1) is 14.0. The van der Waals surface area contributed by atoms with Gasteiger partial charge in [0.2, 0.25) is 0 Å². The lowest BCUT2D eigenvalue weighted by atomic mass is 10.1. The minimum atomic E-state index is -0.383. The summed E-state index contributed by atoms with van der Waals surface area (Å²) in [4.78, 5) is 12.2. The topological polar surface area (TPSA) is 35.5 Å². The molecule has 0 aromatic heterocycles. The van der Waals surface area contributed by atoms with Crippen molar-refractivity contribution in [3.8, 4) is 11.5 Å². The van der Waals surface area contributed by atoms with E-state index in [-0.39, 0.29) is 18.2 Å². The number of halogens is 3. The van der Waals surface area contributed by atoms with Crippen LogP contribution < -0.4 is 9.47 Å². The number of benzene rings is 3. The Labute approximate surface area is 178 Å². The Balaban J connectivity index is 1.75. The molecule has 3 nitrogen and oxygen atoms in total. The van der Waals surface area contributed by atoms with Gasteiger partial charge in [0.25, 0.3) is 0 Å². The first-order valence-electron chi connectivity index (χ1n) is 8.69. The molecule has 0 aliphatic heterocycles. The molecule has 0 radical (unpaired) electrons. The summed E-state index contributed by atoms with van der Waals surface area (Å²) in [5.74, 6) is 0.556. The van der Waals surface area contributed by atoms with Crippen LogP contribution >= 0.6 is 23.2 Å². The summed E-state index contributed by atoms with van der Waals surface area (Å²) in [5, 5.41) is 0.940. The van der Waals surface area contributed by atoms with E-state index in [0.717, 1.165) is 11.1 Å². The molecule has 148 valence electrons. The fraction of sp³-hybridized carbons (Fsp3) is 0.0870. The Morgan fingerprint density at radius 2 is 1.72 bits per heavy atom. The van der Waals surface area contributed by atoms with Gasteiger partial charge >= 0.3 is 0 Å². The van der Waals surface area contributed by atoms with E-state index in [2.05, 4.69) is 0 Å². The number of allylic oxidation sites excluding steroid dienone is 1. The maximum absolute atomic E-state index is 13.0. The zero-order chi connectivity index (χ0) is 20.8. The van der Waals surface area contributed by atoms with Crippen LogP contribution in [0.4, 0.5) is 4.39 Å². The maximum Gasteiger partial charge on any atom is 0.185 e. The Morgan fingerprint density at radius 3 is 2.41 bits per heavy atom. The van der Waals surface area contributed by atoms with Gasteiger partial charge in [0, 0.05) is 16.1 Å². The molecule has 0 saturated heterocycles. The van der Waals surface area contributed by atoms with Crippen LogP contribution in [-0.2, 0) is 6.61 Å². The van der Waals surface area contributed by atoms with E-state index in [1.807, 2.05) is 12.1 Å². The van der Waals surface area contributed by atoms with Gasteiger partial charge in [0.1, 0.15) is 23.9 Å². The van der Waals surface area contributed by atoms with E-state index >= 15 is 0 Å². The first-order valence-corrected chi connectivity index (χ1v) is 9.44. The number of hydrogen-bond acceptors (Lipinski definition) is 3. The van der Waals surface area contributed by atoms with Crippen LogP contribution in [0.3, 0.4) is 0 Å². The van der Waals surface area contributed by atoms with Crippen molar-refractivity contribution in [3.63, 3.8) is 0 Å². The summed E-state index contributed by atoms with van der Waals surface area (Å²) in [7, 11) is 1.57. The fourth-order valence-corrected chi connectivity index (χ4v) is 3.11. The summed E-state index contributed by atoms with van der Waals surface area (Å²) in [5.41, 5.74) is 1.99. The van der Waals surface area contributed by atoms with E-state index in [9.17, 15) is 9.18 Å². The highest BCUT2D eigenvalue weighted by molar-refractivity contribution is 6.35. The molecule has 29 heavy (non-hydrogen) atoms. The number of carbonyl (C=O) groups is 1. The van der Waals surface area contributed by atoms with Crippen molar-refractivity contribution in [1.29, 1.82) is 0 Å². The Morgan fingerprint density at radius 1 is 1.00 bits per heavy atom. The highest BCUT2D eigenvalue weighted by Crippen LogP contribution is 2.29. The number of ketones is 1. The van der Waals surface area contributed by atoms with Gasteiger partial charge in [-0.1, -0.05) is 35.3 Å². The average molecular weight is 431 g/mol. The molecule has 0 aliphatic carbocycles. The maximum atomic E-state index is 13.0. The van der Waals surface area contributed by atoms with Crippen molar-refractivity contribution >= 4 is 35.1 Å². The van der Waals surface area contributed by atoms with E-state index in [1.165, 1.54) is 30.3 Å². The lowest BCUT2D eigenvalue weighted by molar-refractivity contribution is 0.104. The monoisotopic (exact) mass is 430 g/mol. The molecule has 0 aliphatic rings. The molecule has 0 fully saturated rings. The summed E-state index contributed by atoms with van der Waals surface area (Å²) in [6.07, 6.45) is 3.12. The third-order valence-corrected chi connectivity index (χ3v) is 4.67. The molecule has 6 heteroatoms. The molecule has 3 aromatic rings. The SMILES string of the molecule is COc1ccc(/C=C/C(=O)c2ccc(F)cc2)cc1COc1ccc(Cl)cc1Cl. The molecule has 0 unspecified atom stereocenters. The molecule has 0 spiro atoms. The van der Waals surface area contributed by atoms with Gasteiger partial charge in [-0.15, -0.1) is 0 Å². The van der Waals surface area contributed by atoms with Gasteiger partial charge < -0.3 is 9.47 Å². The molecule has 0 atom stereocenters. The van der Waals surface area contributed by atoms with Crippen LogP contribution in [-0.4, -0.2) is 12.9 Å². The Kier molecular flexibility index (Phi) is 6.91. The van der Waals surface area contributed by atoms with Gasteiger partial charge in [-0.05, 0) is 66.2 Å². The van der Waals surface area contributed by atoms with E-state index < -0.39 is 0 Å². The third kappa shape index (κ3) is 5.59. The van der Waals surface area contributed by atoms with E-state index in [0.29, 0.717) is 27.1 Å². The third-order valence-electron chi connectivity index (χ3n) is 4.14. The molecular weight excluding hydrogens is 414 g/mol. The lowest BCUT2D eigenvalue weighted by Crippen LogP contribution is -2.00. The van der Waals surface area contributed by atoms with Gasteiger partial charge in [-0.2, -0.15) is 0 Å². The second-order valence-corrected chi connectivity index (χ2v) is 6.98. The second-order valence-electron chi connectivity index (χ2n) is 6.14. The predicted octanol–water partition coefficient (Wildman–Crippen LogP) is 6.62. The molecule has 0 saturated carbocycles. The zero-order valence-electron chi connectivity index (χ0n) is 15.5. The fourth-order valence-electron chi connectivity index (χ4n) is 2.65. The van der Waals surface area contributed by atoms with Crippen molar-refractivity contribution in [2.75, 3.05) is 7.11 Å². The summed E-state index contributed by atoms with van der Waals surface area (Å²) < 4.78 is 24.2. The van der Waals surface area contributed by atoms with Gasteiger partial charge in [-0.25, -0.2) is 4.39 Å². The molecule has 0 N–H and O–H groups in total. The van der Waals surface area contributed by atoms with Gasteiger partial charge in [0.05, 0.1) is 12.1 Å². The number of ether oxygens (including phenoxy) is 2. The normalized spacial score (nSPS) is 10.9. The molecule has 3 rings (SSSR count). The van der Waals surface area contributed by atoms with Gasteiger partial charge in [-0.3, -0.25) is 4.79 Å². The number of carbonyl (C=O) groups excluding carboxylic acids is 1. The Hall–Kier alpha value is -2.82. The largest absolute Gasteiger partial charge is 0.496 e. The first kappa shape index (κ1) is 20.9. The van der Waals surface area contributed by atoms with Crippen LogP contribution in [0.5, 0.6) is 11.5 Å². The van der Waals surface area contributed by atoms with Crippen LogP contribution in [0.15, 0.2) is 66.7 Å².